The fourth-order valence-corrected chi connectivity index (χ4v) is 5.59. The maximum absolute atomic E-state index is 12.2. The molecule has 0 spiro atoms. The monoisotopic (exact) mass is 523 g/mol. The van der Waals surface area contributed by atoms with Crippen molar-refractivity contribution in [3.63, 3.8) is 0 Å². The minimum absolute atomic E-state index is 0.208. The lowest BCUT2D eigenvalue weighted by Gasteiger charge is -2.33. The third-order valence-corrected chi connectivity index (χ3v) is 7.50. The van der Waals surface area contributed by atoms with Gasteiger partial charge in [-0.05, 0) is 64.7 Å². The molecule has 2 aromatic rings. The molecule has 1 aliphatic rings. The van der Waals surface area contributed by atoms with Crippen LogP contribution in [0.2, 0.25) is 0 Å². The lowest BCUT2D eigenvalue weighted by molar-refractivity contribution is 0.0219. The van der Waals surface area contributed by atoms with Crippen molar-refractivity contribution in [1.29, 1.82) is 0 Å². The molecule has 3 rings (SSSR count). The van der Waals surface area contributed by atoms with Crippen LogP contribution in [0.15, 0.2) is 23.7 Å². The number of ether oxygens (including phenoxy) is 1. The van der Waals surface area contributed by atoms with E-state index in [4.69, 9.17) is 17.0 Å². The number of urea groups is 1. The van der Waals surface area contributed by atoms with E-state index in [0.29, 0.717) is 24.9 Å². The zero-order chi connectivity index (χ0) is 24.6. The first-order valence-corrected chi connectivity index (χ1v) is 13.7. The Bertz CT molecular complexity index is 984. The normalized spacial score (nSPS) is 14.6. The first-order valence-electron chi connectivity index (χ1n) is 11.5. The number of thiocarbonyl (C=S) groups is 1. The predicted octanol–water partition coefficient (Wildman–Crippen LogP) is 5.21. The number of piperidine rings is 1. The topological polar surface area (TPSA) is 95.6 Å². The number of likely N-dealkylation sites (tertiary alicyclic amines) is 1. The van der Waals surface area contributed by atoms with E-state index in [-0.39, 0.29) is 12.1 Å². The molecule has 1 aromatic heterocycles. The van der Waals surface area contributed by atoms with Gasteiger partial charge >= 0.3 is 12.1 Å². The Kier molecular flexibility index (Phi) is 9.78. The SMILES string of the molecule is CC(C)(C)OC(=O)N1CCC(SC(=S)NCCCCNC(=O)Nc2ccc3ncsc3c2)CC1. The van der Waals surface area contributed by atoms with Gasteiger partial charge in [0, 0.05) is 37.1 Å². The summed E-state index contributed by atoms with van der Waals surface area (Å²) in [6, 6.07) is 5.47. The van der Waals surface area contributed by atoms with Crippen molar-refractivity contribution in [3.05, 3.63) is 23.7 Å². The highest BCUT2D eigenvalue weighted by atomic mass is 32.2. The van der Waals surface area contributed by atoms with Gasteiger partial charge in [-0.1, -0.05) is 24.0 Å². The molecule has 1 fully saturated rings. The quantitative estimate of drug-likeness (QED) is 0.339. The van der Waals surface area contributed by atoms with Crippen molar-refractivity contribution in [2.24, 2.45) is 0 Å². The fraction of sp³-hybridized carbons (Fsp3) is 0.565. The Balaban J connectivity index is 1.22. The Morgan fingerprint density at radius 1 is 1.21 bits per heavy atom. The summed E-state index contributed by atoms with van der Waals surface area (Å²) in [6.07, 6.45) is 3.34. The van der Waals surface area contributed by atoms with Crippen LogP contribution in [0.1, 0.15) is 46.5 Å². The number of carbonyl (C=O) groups excluding carboxylic acids is 2. The van der Waals surface area contributed by atoms with Crippen molar-refractivity contribution in [3.8, 4) is 0 Å². The number of nitrogens with zero attached hydrogens (tertiary/aromatic N) is 2. The van der Waals surface area contributed by atoms with E-state index in [9.17, 15) is 9.59 Å². The molecule has 11 heteroatoms. The second-order valence-corrected chi connectivity index (χ2v) is 12.0. The largest absolute Gasteiger partial charge is 0.444 e. The van der Waals surface area contributed by atoms with Gasteiger partial charge in [0.15, 0.2) is 0 Å². The van der Waals surface area contributed by atoms with Gasteiger partial charge < -0.3 is 25.6 Å². The van der Waals surface area contributed by atoms with E-state index >= 15 is 0 Å². The molecule has 34 heavy (non-hydrogen) atoms. The molecular formula is C23H33N5O3S3. The summed E-state index contributed by atoms with van der Waals surface area (Å²) in [6.45, 7) is 8.41. The van der Waals surface area contributed by atoms with Crippen LogP contribution < -0.4 is 16.0 Å². The van der Waals surface area contributed by atoms with Gasteiger partial charge in [0.05, 0.1) is 15.7 Å². The molecule has 0 atom stereocenters. The van der Waals surface area contributed by atoms with Crippen molar-refractivity contribution < 1.29 is 14.3 Å². The number of thioether (sulfide) groups is 1. The number of thiazole rings is 1. The number of nitrogens with one attached hydrogen (secondary N) is 3. The number of unbranched alkanes of at least 4 members (excludes halogenated alkanes) is 1. The van der Waals surface area contributed by atoms with Crippen molar-refractivity contribution in [2.75, 3.05) is 31.5 Å². The van der Waals surface area contributed by atoms with Crippen molar-refractivity contribution in [2.45, 2.75) is 57.3 Å². The molecule has 0 bridgehead atoms. The molecule has 3 amide bonds. The molecular weight excluding hydrogens is 490 g/mol. The van der Waals surface area contributed by atoms with Crippen LogP contribution in [-0.2, 0) is 4.74 Å². The highest BCUT2D eigenvalue weighted by Crippen LogP contribution is 2.25. The zero-order valence-corrected chi connectivity index (χ0v) is 22.3. The van der Waals surface area contributed by atoms with E-state index in [0.717, 1.165) is 52.5 Å². The Labute approximate surface area is 214 Å². The molecule has 1 saturated heterocycles. The molecule has 0 saturated carbocycles. The third-order valence-electron chi connectivity index (χ3n) is 5.11. The number of amides is 3. The van der Waals surface area contributed by atoms with Gasteiger partial charge in [0.1, 0.15) is 9.92 Å². The number of anilines is 1. The van der Waals surface area contributed by atoms with Crippen LogP contribution in [0.5, 0.6) is 0 Å². The average molecular weight is 524 g/mol. The number of hydrogen-bond donors (Lipinski definition) is 3. The first-order chi connectivity index (χ1) is 16.2. The highest BCUT2D eigenvalue weighted by molar-refractivity contribution is 8.23. The number of benzene rings is 1. The molecule has 1 aliphatic heterocycles. The van der Waals surface area contributed by atoms with Crippen LogP contribution in [0.25, 0.3) is 10.2 Å². The zero-order valence-electron chi connectivity index (χ0n) is 19.9. The predicted molar refractivity (Wildman–Crippen MR) is 145 cm³/mol. The third kappa shape index (κ3) is 8.92. The standard InChI is InChI=1S/C23H33N5O3S3/c1-23(2,3)31-22(30)28-12-8-17(9-13-28)34-21(32)25-11-5-4-10-24-20(29)27-16-6-7-18-19(14-16)33-15-26-18/h6-7,14-15,17H,4-5,8-13H2,1-3H3,(H,25,32)(H2,24,27,29). The molecule has 0 radical (unpaired) electrons. The van der Waals surface area contributed by atoms with E-state index in [2.05, 4.69) is 20.9 Å². The maximum Gasteiger partial charge on any atom is 0.410 e. The maximum atomic E-state index is 12.2. The van der Waals surface area contributed by atoms with E-state index < -0.39 is 5.60 Å². The van der Waals surface area contributed by atoms with Gasteiger partial charge in [-0.25, -0.2) is 14.6 Å². The Hall–Kier alpha value is -2.11. The number of fused-ring (bicyclic) bond motifs is 1. The summed E-state index contributed by atoms with van der Waals surface area (Å²) < 4.78 is 7.28. The van der Waals surface area contributed by atoms with Gasteiger partial charge in [0.25, 0.3) is 0 Å². The second-order valence-electron chi connectivity index (χ2n) is 9.12. The Morgan fingerprint density at radius 3 is 2.62 bits per heavy atom. The van der Waals surface area contributed by atoms with E-state index in [1.54, 1.807) is 33.5 Å². The lowest BCUT2D eigenvalue weighted by Crippen LogP contribution is -2.42. The number of hydrogen-bond acceptors (Lipinski definition) is 7. The summed E-state index contributed by atoms with van der Waals surface area (Å²) in [5.74, 6) is 0. The van der Waals surface area contributed by atoms with E-state index in [1.165, 1.54) is 0 Å². The second kappa shape index (κ2) is 12.6. The molecule has 186 valence electrons. The fourth-order valence-electron chi connectivity index (χ4n) is 3.43. The molecule has 0 unspecified atom stereocenters. The molecule has 8 nitrogen and oxygen atoms in total. The van der Waals surface area contributed by atoms with Crippen molar-refractivity contribution in [1.82, 2.24) is 20.5 Å². The number of aromatic nitrogens is 1. The number of carbonyl (C=O) groups is 2. The van der Waals surface area contributed by atoms with Gasteiger partial charge in [-0.15, -0.1) is 11.3 Å². The summed E-state index contributed by atoms with van der Waals surface area (Å²) >= 11 is 8.70. The molecule has 2 heterocycles. The minimum atomic E-state index is -0.468. The molecule has 1 aromatic carbocycles. The van der Waals surface area contributed by atoms with Crippen LogP contribution in [0.4, 0.5) is 15.3 Å². The van der Waals surface area contributed by atoms with Crippen LogP contribution >= 0.6 is 35.3 Å². The van der Waals surface area contributed by atoms with Gasteiger partial charge in [-0.2, -0.15) is 0 Å². The van der Waals surface area contributed by atoms with Crippen molar-refractivity contribution >= 4 is 67.7 Å². The highest BCUT2D eigenvalue weighted by Gasteiger charge is 2.27. The molecule has 3 N–H and O–H groups in total. The summed E-state index contributed by atoms with van der Waals surface area (Å²) in [5, 5.41) is 9.44. The Morgan fingerprint density at radius 2 is 1.91 bits per heavy atom. The van der Waals surface area contributed by atoms with Gasteiger partial charge in [0.2, 0.25) is 0 Å². The van der Waals surface area contributed by atoms with Crippen LogP contribution in [0, 0.1) is 0 Å². The van der Waals surface area contributed by atoms with Gasteiger partial charge in [-0.3, -0.25) is 0 Å². The summed E-state index contributed by atoms with van der Waals surface area (Å²) in [4.78, 5) is 30.3. The molecule has 0 aliphatic carbocycles. The van der Waals surface area contributed by atoms with Crippen LogP contribution in [-0.4, -0.2) is 63.4 Å². The summed E-state index contributed by atoms with van der Waals surface area (Å²) in [7, 11) is 0. The van der Waals surface area contributed by atoms with Crippen LogP contribution in [0.3, 0.4) is 0 Å². The minimum Gasteiger partial charge on any atom is -0.444 e. The first kappa shape index (κ1) is 26.5. The lowest BCUT2D eigenvalue weighted by atomic mass is 10.1. The van der Waals surface area contributed by atoms with E-state index in [1.807, 2.05) is 39.0 Å². The summed E-state index contributed by atoms with van der Waals surface area (Å²) in [5.41, 5.74) is 3.02. The smallest absolute Gasteiger partial charge is 0.410 e. The number of rotatable bonds is 7. The average Bonchev–Trinajstić information content (AvgIpc) is 3.23.